The highest BCUT2D eigenvalue weighted by molar-refractivity contribution is 5.39. The molecule has 3 aliphatic rings. The molecule has 1 saturated carbocycles. The van der Waals surface area contributed by atoms with Crippen molar-refractivity contribution in [2.24, 2.45) is 10.8 Å². The maximum absolute atomic E-state index is 10.2. The molecule has 0 amide bonds. The van der Waals surface area contributed by atoms with Gasteiger partial charge in [-0.15, -0.1) is 0 Å². The summed E-state index contributed by atoms with van der Waals surface area (Å²) in [5, 5.41) is 20.4. The summed E-state index contributed by atoms with van der Waals surface area (Å²) in [4.78, 5) is 0. The molecule has 234 valence electrons. The molecule has 3 nitrogen and oxygen atoms in total. The summed E-state index contributed by atoms with van der Waals surface area (Å²) in [6.45, 7) is 21.5. The Kier molecular flexibility index (Phi) is 11.3. The lowest BCUT2D eigenvalue weighted by Gasteiger charge is -2.39. The zero-order valence-corrected chi connectivity index (χ0v) is 28.4. The second-order valence-corrected chi connectivity index (χ2v) is 14.6. The molecule has 1 heterocycles. The van der Waals surface area contributed by atoms with Crippen LogP contribution >= 0.6 is 0 Å². The zero-order valence-electron chi connectivity index (χ0n) is 28.4. The maximum Gasteiger partial charge on any atom is 0.121 e. The Bertz CT molecular complexity index is 1330. The first-order valence-corrected chi connectivity index (χ1v) is 15.9. The number of ether oxygens (including phenoxy) is 1. The molecule has 3 rings (SSSR count). The van der Waals surface area contributed by atoms with E-state index in [0.29, 0.717) is 6.42 Å². The first-order valence-electron chi connectivity index (χ1n) is 15.9. The minimum absolute atomic E-state index is 0.00262. The van der Waals surface area contributed by atoms with E-state index >= 15 is 0 Å². The predicted molar refractivity (Wildman–Crippen MR) is 184 cm³/mol. The molecule has 1 aliphatic heterocycles. The van der Waals surface area contributed by atoms with Gasteiger partial charge >= 0.3 is 0 Å². The number of aliphatic hydroxyl groups excluding tert-OH is 2. The third kappa shape index (κ3) is 8.91. The average molecular weight is 585 g/mol. The molecule has 0 aromatic carbocycles. The van der Waals surface area contributed by atoms with Crippen molar-refractivity contribution in [1.82, 2.24) is 0 Å². The molecule has 1 saturated heterocycles. The average Bonchev–Trinajstić information content (AvgIpc) is 3.49. The molecule has 4 atom stereocenters. The van der Waals surface area contributed by atoms with Gasteiger partial charge in [0.05, 0.1) is 12.2 Å². The van der Waals surface area contributed by atoms with E-state index in [1.807, 2.05) is 0 Å². The fraction of sp³-hybridized carbons (Fsp3) is 0.500. The van der Waals surface area contributed by atoms with Crippen LogP contribution in [0.1, 0.15) is 94.9 Å². The Balaban J connectivity index is 1.50. The largest absolute Gasteiger partial charge is 0.393 e. The second kappa shape index (κ2) is 13.9. The van der Waals surface area contributed by atoms with Crippen molar-refractivity contribution in [3.8, 4) is 0 Å². The van der Waals surface area contributed by atoms with Gasteiger partial charge in [-0.05, 0) is 77.9 Å². The van der Waals surface area contributed by atoms with Crippen LogP contribution in [0.2, 0.25) is 0 Å². The van der Waals surface area contributed by atoms with Crippen LogP contribution in [0.3, 0.4) is 0 Å². The summed E-state index contributed by atoms with van der Waals surface area (Å²) < 4.78 is 6.25. The van der Waals surface area contributed by atoms with Crippen LogP contribution < -0.4 is 0 Å². The standard InChI is InChI=1S/C40H56O3/c1-29(17-13-19-31(3)21-22-36-33(5)25-34(41)26-37(36,6)7)15-11-12-16-30(2)18-14-20-32(4)23-24-40-38(8,9)27-35(42)28-39(40,10)43-40/h11-24,34-35,41-42H,25-28H2,1-10H3/b12-11+,17-13+,18-14+,22-21+,24-23-,29-15+,30-16+,31-19+,32-20+/t34-,35+,39-,40+/m0/s1. The Hall–Kier alpha value is -2.72. The molecule has 2 fully saturated rings. The fourth-order valence-electron chi connectivity index (χ4n) is 7.06. The molecule has 0 bridgehead atoms. The van der Waals surface area contributed by atoms with Gasteiger partial charge in [0.2, 0.25) is 0 Å². The first-order chi connectivity index (χ1) is 20.0. The Labute approximate surface area is 262 Å². The highest BCUT2D eigenvalue weighted by atomic mass is 16.6. The van der Waals surface area contributed by atoms with Crippen molar-refractivity contribution < 1.29 is 14.9 Å². The van der Waals surface area contributed by atoms with E-state index in [4.69, 9.17) is 4.74 Å². The van der Waals surface area contributed by atoms with Crippen LogP contribution in [-0.4, -0.2) is 33.6 Å². The molecule has 0 spiro atoms. The summed E-state index contributed by atoms with van der Waals surface area (Å²) in [5.74, 6) is 0. The molecule has 43 heavy (non-hydrogen) atoms. The molecule has 3 heteroatoms. The molecule has 2 N–H and O–H groups in total. The van der Waals surface area contributed by atoms with E-state index in [2.05, 4.69) is 154 Å². The summed E-state index contributed by atoms with van der Waals surface area (Å²) >= 11 is 0. The maximum atomic E-state index is 10.2. The fourth-order valence-corrected chi connectivity index (χ4v) is 7.06. The summed E-state index contributed by atoms with van der Waals surface area (Å²) in [7, 11) is 0. The third-order valence-electron chi connectivity index (χ3n) is 9.34. The van der Waals surface area contributed by atoms with E-state index < -0.39 is 0 Å². The molecular weight excluding hydrogens is 528 g/mol. The van der Waals surface area contributed by atoms with Crippen LogP contribution in [0.25, 0.3) is 0 Å². The second-order valence-electron chi connectivity index (χ2n) is 14.6. The van der Waals surface area contributed by atoms with Crippen LogP contribution in [0.15, 0.2) is 119 Å². The summed E-state index contributed by atoms with van der Waals surface area (Å²) in [6.07, 6.45) is 32.3. The molecular formula is C40H56O3. The quantitative estimate of drug-likeness (QED) is 0.198. The highest BCUT2D eigenvalue weighted by Crippen LogP contribution is 2.66. The molecule has 0 aromatic rings. The topological polar surface area (TPSA) is 53.0 Å². The van der Waals surface area contributed by atoms with Crippen molar-refractivity contribution in [2.75, 3.05) is 0 Å². The van der Waals surface area contributed by atoms with Crippen molar-refractivity contribution in [2.45, 2.75) is 118 Å². The van der Waals surface area contributed by atoms with E-state index in [9.17, 15) is 10.2 Å². The van der Waals surface area contributed by atoms with Crippen molar-refractivity contribution in [3.05, 3.63) is 119 Å². The smallest absolute Gasteiger partial charge is 0.121 e. The minimum Gasteiger partial charge on any atom is -0.393 e. The van der Waals surface area contributed by atoms with Crippen LogP contribution in [0.4, 0.5) is 0 Å². The van der Waals surface area contributed by atoms with Gasteiger partial charge in [0.25, 0.3) is 0 Å². The van der Waals surface area contributed by atoms with Crippen molar-refractivity contribution in [1.29, 1.82) is 0 Å². The van der Waals surface area contributed by atoms with Gasteiger partial charge in [-0.3, -0.25) is 0 Å². The SMILES string of the molecule is CC1=C(/C=C/C(C)=C/C=C/C(C)=C/C=C/C=C(C)/C=C/C=C(C)/C=C\[C@]23O[C@@]2(C)C[C@H](O)CC3(C)C)C(C)(C)C[C@@H](O)C1. The van der Waals surface area contributed by atoms with Crippen molar-refractivity contribution in [3.63, 3.8) is 0 Å². The van der Waals surface area contributed by atoms with Gasteiger partial charge in [0.15, 0.2) is 0 Å². The number of aliphatic hydroxyl groups is 2. The van der Waals surface area contributed by atoms with E-state index in [1.54, 1.807) is 0 Å². The van der Waals surface area contributed by atoms with Crippen LogP contribution in [0.5, 0.6) is 0 Å². The zero-order chi connectivity index (χ0) is 32.1. The molecule has 2 aliphatic carbocycles. The molecule has 0 unspecified atom stereocenters. The van der Waals surface area contributed by atoms with E-state index in [1.165, 1.54) is 33.4 Å². The van der Waals surface area contributed by atoms with E-state index in [0.717, 1.165) is 19.3 Å². The first kappa shape index (κ1) is 34.8. The van der Waals surface area contributed by atoms with Crippen LogP contribution in [-0.2, 0) is 4.74 Å². The lowest BCUT2D eigenvalue weighted by Crippen LogP contribution is -2.46. The molecule has 0 aromatic heterocycles. The minimum atomic E-state index is -0.291. The predicted octanol–water partition coefficient (Wildman–Crippen LogP) is 9.76. The van der Waals surface area contributed by atoms with Gasteiger partial charge in [-0.1, -0.05) is 135 Å². The Morgan fingerprint density at radius 3 is 1.72 bits per heavy atom. The lowest BCUT2D eigenvalue weighted by molar-refractivity contribution is 0.0515. The summed E-state index contributed by atoms with van der Waals surface area (Å²) in [6, 6.07) is 0. The third-order valence-corrected chi connectivity index (χ3v) is 9.34. The van der Waals surface area contributed by atoms with Gasteiger partial charge in [0.1, 0.15) is 11.2 Å². The normalized spacial score (nSPS) is 32.3. The van der Waals surface area contributed by atoms with Crippen molar-refractivity contribution >= 4 is 0 Å². The van der Waals surface area contributed by atoms with E-state index in [-0.39, 0.29) is 34.2 Å². The van der Waals surface area contributed by atoms with Gasteiger partial charge in [0, 0.05) is 11.8 Å². The number of hydrogen-bond donors (Lipinski definition) is 2. The Morgan fingerprint density at radius 1 is 0.674 bits per heavy atom. The number of rotatable bonds is 10. The molecule has 0 radical (unpaired) electrons. The number of hydrogen-bond acceptors (Lipinski definition) is 3. The number of fused-ring (bicyclic) bond motifs is 1. The van der Waals surface area contributed by atoms with Crippen LogP contribution in [0, 0.1) is 10.8 Å². The van der Waals surface area contributed by atoms with Gasteiger partial charge in [-0.2, -0.15) is 0 Å². The van der Waals surface area contributed by atoms with Gasteiger partial charge < -0.3 is 14.9 Å². The summed E-state index contributed by atoms with van der Waals surface area (Å²) in [5.41, 5.74) is 6.71. The Morgan fingerprint density at radius 2 is 1.19 bits per heavy atom. The van der Waals surface area contributed by atoms with Gasteiger partial charge in [-0.25, -0.2) is 0 Å². The number of epoxide rings is 1. The number of allylic oxidation sites excluding steroid dienone is 18. The lowest BCUT2D eigenvalue weighted by atomic mass is 9.63. The monoisotopic (exact) mass is 584 g/mol. The highest BCUT2D eigenvalue weighted by Gasteiger charge is 2.74.